The third-order valence-electron chi connectivity index (χ3n) is 6.96. The molecule has 2 aromatic carbocycles. The van der Waals surface area contributed by atoms with E-state index in [4.69, 9.17) is 4.74 Å². The van der Waals surface area contributed by atoms with E-state index in [1.807, 2.05) is 43.3 Å². The molecule has 0 aliphatic carbocycles. The van der Waals surface area contributed by atoms with Crippen LogP contribution in [0, 0.1) is 13.8 Å². The van der Waals surface area contributed by atoms with Crippen LogP contribution in [-0.4, -0.2) is 58.1 Å². The predicted molar refractivity (Wildman–Crippen MR) is 140 cm³/mol. The maximum atomic E-state index is 13.3. The fourth-order valence-corrected chi connectivity index (χ4v) is 4.80. The first-order valence-corrected chi connectivity index (χ1v) is 12.5. The number of likely N-dealkylation sites (tertiary alicyclic amines) is 1. The molecule has 1 amide bonds. The van der Waals surface area contributed by atoms with Gasteiger partial charge in [-0.25, -0.2) is 0 Å². The van der Waals surface area contributed by atoms with E-state index in [1.54, 1.807) is 31.2 Å². The lowest BCUT2D eigenvalue weighted by molar-refractivity contribution is -0.132. The molecule has 5 rings (SSSR count). The summed E-state index contributed by atoms with van der Waals surface area (Å²) in [4.78, 5) is 30.1. The molecular weight excluding hydrogens is 468 g/mol. The first-order chi connectivity index (χ1) is 17.8. The maximum Gasteiger partial charge on any atom is 0.301 e. The third kappa shape index (κ3) is 4.97. The van der Waals surface area contributed by atoms with E-state index in [0.717, 1.165) is 37.2 Å². The number of aryl methyl sites for hydroxylation is 2. The van der Waals surface area contributed by atoms with Gasteiger partial charge < -0.3 is 14.7 Å². The van der Waals surface area contributed by atoms with Crippen molar-refractivity contribution in [1.29, 1.82) is 0 Å². The zero-order valence-electron chi connectivity index (χ0n) is 21.2. The van der Waals surface area contributed by atoms with Gasteiger partial charge in [0.25, 0.3) is 5.78 Å². The highest BCUT2D eigenvalue weighted by atomic mass is 16.5. The molecule has 8 heteroatoms. The van der Waals surface area contributed by atoms with Crippen LogP contribution in [0.25, 0.3) is 5.76 Å². The molecule has 3 heterocycles. The summed E-state index contributed by atoms with van der Waals surface area (Å²) in [6, 6.07) is 17.0. The molecule has 1 atom stereocenters. The smallest absolute Gasteiger partial charge is 0.301 e. The number of anilines is 1. The van der Waals surface area contributed by atoms with Crippen molar-refractivity contribution in [2.24, 2.45) is 0 Å². The Morgan fingerprint density at radius 1 is 0.919 bits per heavy atom. The molecule has 190 valence electrons. The van der Waals surface area contributed by atoms with Crippen LogP contribution in [0.1, 0.15) is 41.3 Å². The minimum Gasteiger partial charge on any atom is -0.507 e. The second-order valence-electron chi connectivity index (χ2n) is 9.76. The lowest BCUT2D eigenvalue weighted by Gasteiger charge is -2.29. The van der Waals surface area contributed by atoms with Crippen molar-refractivity contribution in [3.63, 3.8) is 0 Å². The van der Waals surface area contributed by atoms with E-state index < -0.39 is 17.7 Å². The van der Waals surface area contributed by atoms with Crippen molar-refractivity contribution in [3.8, 4) is 5.75 Å². The number of carbonyl (C=O) groups excluding carboxylic acids is 2. The highest BCUT2D eigenvalue weighted by Crippen LogP contribution is 2.42. The fourth-order valence-electron chi connectivity index (χ4n) is 4.80. The summed E-state index contributed by atoms with van der Waals surface area (Å²) >= 11 is 0. The van der Waals surface area contributed by atoms with E-state index in [1.165, 1.54) is 4.90 Å². The van der Waals surface area contributed by atoms with Crippen molar-refractivity contribution >= 4 is 23.3 Å². The Hall–Kier alpha value is -4.04. The largest absolute Gasteiger partial charge is 0.507 e. The topological polar surface area (TPSA) is 95.9 Å². The number of aliphatic hydroxyl groups is 1. The van der Waals surface area contributed by atoms with Crippen LogP contribution in [-0.2, 0) is 9.59 Å². The number of aromatic nitrogens is 2. The van der Waals surface area contributed by atoms with Crippen molar-refractivity contribution in [3.05, 3.63) is 88.6 Å². The van der Waals surface area contributed by atoms with Crippen molar-refractivity contribution < 1.29 is 19.4 Å². The Labute approximate surface area is 216 Å². The Bertz CT molecular complexity index is 1330. The van der Waals surface area contributed by atoms with Gasteiger partial charge in [0.2, 0.25) is 0 Å². The van der Waals surface area contributed by atoms with E-state index in [2.05, 4.69) is 22.1 Å². The first kappa shape index (κ1) is 24.6. The Morgan fingerprint density at radius 2 is 1.59 bits per heavy atom. The molecule has 3 aromatic rings. The number of hydrogen-bond donors (Lipinski definition) is 1. The third-order valence-corrected chi connectivity index (χ3v) is 6.96. The monoisotopic (exact) mass is 498 g/mol. The number of carbonyl (C=O) groups is 2. The molecule has 0 saturated carbocycles. The molecule has 1 N–H and O–H groups in total. The van der Waals surface area contributed by atoms with Crippen LogP contribution in [0.2, 0.25) is 0 Å². The Kier molecular flexibility index (Phi) is 6.76. The molecule has 1 unspecified atom stereocenters. The van der Waals surface area contributed by atoms with E-state index in [9.17, 15) is 14.7 Å². The number of Topliss-reactive ketones (excluding diaryl/α,β-unsaturated/α-hetero) is 1. The van der Waals surface area contributed by atoms with Gasteiger partial charge in [-0.1, -0.05) is 42.0 Å². The van der Waals surface area contributed by atoms with Crippen molar-refractivity contribution in [1.82, 2.24) is 15.1 Å². The zero-order chi connectivity index (χ0) is 26.1. The molecule has 0 radical (unpaired) electrons. The standard InChI is InChI=1S/C29H30N4O4/c1-18-4-7-21(8-5-18)27(34)25-26(33(29(36)28(25)35)24-13-6-19(2)30-31-24)20-9-11-22(12-10-20)37-23-14-16-32(3)17-15-23/h4-13,23,26,34H,14-17H2,1-3H3/b27-25-. The summed E-state index contributed by atoms with van der Waals surface area (Å²) in [6.45, 7) is 5.72. The predicted octanol–water partition coefficient (Wildman–Crippen LogP) is 4.19. The van der Waals surface area contributed by atoms with E-state index in [0.29, 0.717) is 16.8 Å². The number of piperidine rings is 1. The summed E-state index contributed by atoms with van der Waals surface area (Å²) in [6.07, 6.45) is 2.07. The van der Waals surface area contributed by atoms with E-state index >= 15 is 0 Å². The quantitative estimate of drug-likeness (QED) is 0.320. The number of rotatable bonds is 5. The average molecular weight is 499 g/mol. The van der Waals surface area contributed by atoms with Crippen LogP contribution < -0.4 is 9.64 Å². The van der Waals surface area contributed by atoms with Gasteiger partial charge in [-0.05, 0) is 63.6 Å². The molecule has 2 aliphatic rings. The van der Waals surface area contributed by atoms with E-state index in [-0.39, 0.29) is 23.3 Å². The zero-order valence-corrected chi connectivity index (χ0v) is 21.2. The molecular formula is C29H30N4O4. The van der Waals surface area contributed by atoms with Gasteiger partial charge in [0, 0.05) is 18.7 Å². The number of ether oxygens (including phenoxy) is 1. The summed E-state index contributed by atoms with van der Waals surface area (Å²) < 4.78 is 6.19. The van der Waals surface area contributed by atoms with Crippen LogP contribution in [0.15, 0.2) is 66.2 Å². The summed E-state index contributed by atoms with van der Waals surface area (Å²) in [5.74, 6) is -0.783. The SMILES string of the molecule is Cc1ccc(/C(O)=C2/C(=O)C(=O)N(c3ccc(C)nn3)C2c2ccc(OC3CCN(C)CC3)cc2)cc1. The minimum atomic E-state index is -0.865. The minimum absolute atomic E-state index is 0.0141. The molecule has 2 fully saturated rings. The number of benzene rings is 2. The number of amides is 1. The molecule has 37 heavy (non-hydrogen) atoms. The summed E-state index contributed by atoms with van der Waals surface area (Å²) in [5, 5.41) is 19.5. The van der Waals surface area contributed by atoms with Gasteiger partial charge in [-0.3, -0.25) is 14.5 Å². The number of aliphatic hydroxyl groups excluding tert-OH is 1. The molecule has 1 aromatic heterocycles. The van der Waals surface area contributed by atoms with Crippen molar-refractivity contribution in [2.75, 3.05) is 25.0 Å². The highest BCUT2D eigenvalue weighted by Gasteiger charge is 2.47. The number of ketones is 1. The average Bonchev–Trinajstić information content (AvgIpc) is 3.16. The van der Waals surface area contributed by atoms with Gasteiger partial charge >= 0.3 is 5.91 Å². The maximum absolute atomic E-state index is 13.3. The molecule has 2 aliphatic heterocycles. The lowest BCUT2D eigenvalue weighted by atomic mass is 9.95. The lowest BCUT2D eigenvalue weighted by Crippen LogP contribution is -2.35. The van der Waals surface area contributed by atoms with Crippen LogP contribution in [0.5, 0.6) is 5.75 Å². The van der Waals surface area contributed by atoms with Crippen LogP contribution in [0.3, 0.4) is 0 Å². The first-order valence-electron chi connectivity index (χ1n) is 12.5. The number of nitrogens with zero attached hydrogens (tertiary/aromatic N) is 4. The fraction of sp³-hybridized carbons (Fsp3) is 0.310. The molecule has 0 spiro atoms. The van der Waals surface area contributed by atoms with Crippen molar-refractivity contribution in [2.45, 2.75) is 38.8 Å². The Balaban J connectivity index is 1.54. The summed E-state index contributed by atoms with van der Waals surface area (Å²) in [5.41, 5.74) is 2.84. The molecule has 8 nitrogen and oxygen atoms in total. The summed E-state index contributed by atoms with van der Waals surface area (Å²) in [7, 11) is 2.11. The molecule has 2 saturated heterocycles. The Morgan fingerprint density at radius 3 is 2.22 bits per heavy atom. The normalized spacial score (nSPS) is 20.4. The van der Waals surface area contributed by atoms with Crippen LogP contribution >= 0.6 is 0 Å². The van der Waals surface area contributed by atoms with Gasteiger partial charge in [-0.2, -0.15) is 5.10 Å². The number of hydrogen-bond acceptors (Lipinski definition) is 7. The van der Waals surface area contributed by atoms with Gasteiger partial charge in [-0.15, -0.1) is 5.10 Å². The second-order valence-corrected chi connectivity index (χ2v) is 9.76. The van der Waals surface area contributed by atoms with Gasteiger partial charge in [0.15, 0.2) is 5.82 Å². The van der Waals surface area contributed by atoms with Crippen LogP contribution in [0.4, 0.5) is 5.82 Å². The molecule has 0 bridgehead atoms. The van der Waals surface area contributed by atoms with Gasteiger partial charge in [0.05, 0.1) is 17.3 Å². The second kappa shape index (κ2) is 10.1. The van der Waals surface area contributed by atoms with Gasteiger partial charge in [0.1, 0.15) is 17.6 Å². The highest BCUT2D eigenvalue weighted by molar-refractivity contribution is 6.51.